The van der Waals surface area contributed by atoms with E-state index in [0.29, 0.717) is 0 Å². The molecule has 0 spiro atoms. The van der Waals surface area contributed by atoms with E-state index in [1.54, 1.807) is 0 Å². The molecule has 1 aliphatic rings. The first-order valence-electron chi connectivity index (χ1n) is 6.27. The van der Waals surface area contributed by atoms with E-state index in [1.165, 1.54) is 32.1 Å². The summed E-state index contributed by atoms with van der Waals surface area (Å²) in [5.41, 5.74) is 0. The second kappa shape index (κ2) is 6.12. The number of hydrogen-bond acceptors (Lipinski definition) is 2. The summed E-state index contributed by atoms with van der Waals surface area (Å²) in [6.07, 6.45) is 6.75. The van der Waals surface area contributed by atoms with Gasteiger partial charge in [-0.2, -0.15) is 5.26 Å². The molecular formula is C13H24N2. The number of nitriles is 1. The van der Waals surface area contributed by atoms with Gasteiger partial charge in [-0.05, 0) is 45.6 Å². The minimum Gasteiger partial charge on any atom is -0.302 e. The van der Waals surface area contributed by atoms with Crippen LogP contribution in [0.5, 0.6) is 0 Å². The molecule has 0 N–H and O–H groups in total. The molecule has 1 rings (SSSR count). The quantitative estimate of drug-likeness (QED) is 0.710. The number of hydrogen-bond donors (Lipinski definition) is 0. The maximum absolute atomic E-state index is 8.79. The van der Waals surface area contributed by atoms with Gasteiger partial charge in [0.1, 0.15) is 0 Å². The smallest absolute Gasteiger partial charge is 0.0666 e. The summed E-state index contributed by atoms with van der Waals surface area (Å²) >= 11 is 0. The lowest BCUT2D eigenvalue weighted by atomic mass is 9.84. The molecule has 0 aliphatic heterocycles. The van der Waals surface area contributed by atoms with Crippen molar-refractivity contribution in [1.82, 2.24) is 4.90 Å². The van der Waals surface area contributed by atoms with Crippen molar-refractivity contribution < 1.29 is 0 Å². The molecule has 0 saturated heterocycles. The van der Waals surface area contributed by atoms with Crippen molar-refractivity contribution >= 4 is 0 Å². The zero-order chi connectivity index (χ0) is 11.3. The Morgan fingerprint density at radius 1 is 1.33 bits per heavy atom. The first kappa shape index (κ1) is 12.5. The molecule has 1 saturated carbocycles. The zero-order valence-electron chi connectivity index (χ0n) is 10.4. The fourth-order valence-electron chi connectivity index (χ4n) is 2.62. The third kappa shape index (κ3) is 3.83. The highest BCUT2D eigenvalue weighted by molar-refractivity contribution is 4.84. The molecule has 1 aliphatic carbocycles. The van der Waals surface area contributed by atoms with Crippen molar-refractivity contribution in [3.05, 3.63) is 0 Å². The third-order valence-corrected chi connectivity index (χ3v) is 3.80. The van der Waals surface area contributed by atoms with Gasteiger partial charge in [0, 0.05) is 12.6 Å². The van der Waals surface area contributed by atoms with Gasteiger partial charge in [-0.1, -0.05) is 13.3 Å². The predicted octanol–water partition coefficient (Wildman–Crippen LogP) is 3.05. The van der Waals surface area contributed by atoms with E-state index in [9.17, 15) is 0 Å². The molecule has 0 aromatic heterocycles. The normalized spacial score (nSPS) is 28.7. The lowest BCUT2D eigenvalue weighted by Crippen LogP contribution is -2.37. The molecule has 0 heterocycles. The highest BCUT2D eigenvalue weighted by Gasteiger charge is 2.23. The minimum absolute atomic E-state index is 0.166. The van der Waals surface area contributed by atoms with Crippen molar-refractivity contribution in [2.45, 2.75) is 52.0 Å². The van der Waals surface area contributed by atoms with Gasteiger partial charge in [0.25, 0.3) is 0 Å². The first-order valence-corrected chi connectivity index (χ1v) is 6.27. The van der Waals surface area contributed by atoms with Gasteiger partial charge in [-0.15, -0.1) is 0 Å². The molecule has 1 atom stereocenters. The van der Waals surface area contributed by atoms with Crippen LogP contribution in [0.15, 0.2) is 0 Å². The SMILES string of the molecule is CCC1CCC(N(C)CC(C)C#N)CC1. The standard InChI is InChI=1S/C13H24N2/c1-4-12-5-7-13(8-6-12)15(3)10-11(2)9-14/h11-13H,4-8,10H2,1-3H3. The van der Waals surface area contributed by atoms with Gasteiger partial charge in [-0.25, -0.2) is 0 Å². The highest BCUT2D eigenvalue weighted by Crippen LogP contribution is 2.29. The molecule has 0 radical (unpaired) electrons. The van der Waals surface area contributed by atoms with Crippen molar-refractivity contribution in [2.75, 3.05) is 13.6 Å². The van der Waals surface area contributed by atoms with E-state index in [0.717, 1.165) is 18.5 Å². The summed E-state index contributed by atoms with van der Waals surface area (Å²) in [6, 6.07) is 3.04. The Bertz CT molecular complexity index is 211. The van der Waals surface area contributed by atoms with Crippen LogP contribution in [0, 0.1) is 23.2 Å². The van der Waals surface area contributed by atoms with Crippen molar-refractivity contribution in [1.29, 1.82) is 5.26 Å². The number of rotatable bonds is 4. The maximum atomic E-state index is 8.79. The molecule has 0 amide bonds. The summed E-state index contributed by atoms with van der Waals surface area (Å²) in [5, 5.41) is 8.79. The summed E-state index contributed by atoms with van der Waals surface area (Å²) in [7, 11) is 2.17. The third-order valence-electron chi connectivity index (χ3n) is 3.80. The molecule has 86 valence electrons. The Balaban J connectivity index is 2.30. The van der Waals surface area contributed by atoms with Crippen LogP contribution in [-0.4, -0.2) is 24.5 Å². The molecule has 0 bridgehead atoms. The van der Waals surface area contributed by atoms with E-state index in [2.05, 4.69) is 24.9 Å². The summed E-state index contributed by atoms with van der Waals surface area (Å²) in [4.78, 5) is 2.39. The topological polar surface area (TPSA) is 27.0 Å². The minimum atomic E-state index is 0.166. The summed E-state index contributed by atoms with van der Waals surface area (Å²) in [5.74, 6) is 1.13. The lowest BCUT2D eigenvalue weighted by molar-refractivity contribution is 0.155. The average molecular weight is 208 g/mol. The van der Waals surface area contributed by atoms with E-state index < -0.39 is 0 Å². The van der Waals surface area contributed by atoms with E-state index in [1.807, 2.05) is 6.92 Å². The van der Waals surface area contributed by atoms with Gasteiger partial charge < -0.3 is 4.90 Å². The van der Waals surface area contributed by atoms with E-state index in [-0.39, 0.29) is 5.92 Å². The molecular weight excluding hydrogens is 184 g/mol. The summed E-state index contributed by atoms with van der Waals surface area (Å²) < 4.78 is 0. The second-order valence-electron chi connectivity index (χ2n) is 5.05. The van der Waals surface area contributed by atoms with Crippen LogP contribution in [0.3, 0.4) is 0 Å². The monoisotopic (exact) mass is 208 g/mol. The first-order chi connectivity index (χ1) is 7.17. The molecule has 2 heteroatoms. The Morgan fingerprint density at radius 2 is 1.93 bits per heavy atom. The van der Waals surface area contributed by atoms with Crippen LogP contribution in [-0.2, 0) is 0 Å². The van der Waals surface area contributed by atoms with Crippen LogP contribution >= 0.6 is 0 Å². The van der Waals surface area contributed by atoms with Gasteiger partial charge >= 0.3 is 0 Å². The lowest BCUT2D eigenvalue weighted by Gasteiger charge is -2.34. The largest absolute Gasteiger partial charge is 0.302 e. The van der Waals surface area contributed by atoms with Crippen molar-refractivity contribution in [3.63, 3.8) is 0 Å². The van der Waals surface area contributed by atoms with Crippen LogP contribution < -0.4 is 0 Å². The van der Waals surface area contributed by atoms with Crippen LogP contribution in [0.4, 0.5) is 0 Å². The maximum Gasteiger partial charge on any atom is 0.0666 e. The molecule has 15 heavy (non-hydrogen) atoms. The average Bonchev–Trinajstić information content (AvgIpc) is 2.29. The van der Waals surface area contributed by atoms with E-state index in [4.69, 9.17) is 5.26 Å². The molecule has 0 aromatic rings. The predicted molar refractivity (Wildman–Crippen MR) is 63.4 cm³/mol. The highest BCUT2D eigenvalue weighted by atomic mass is 15.1. The Labute approximate surface area is 94.3 Å². The van der Waals surface area contributed by atoms with Crippen LogP contribution in [0.1, 0.15) is 46.0 Å². The Kier molecular flexibility index (Phi) is 5.11. The molecule has 2 nitrogen and oxygen atoms in total. The summed E-state index contributed by atoms with van der Waals surface area (Å²) in [6.45, 7) is 5.23. The molecule has 0 aromatic carbocycles. The molecule has 1 fully saturated rings. The van der Waals surface area contributed by atoms with Crippen molar-refractivity contribution in [2.24, 2.45) is 11.8 Å². The number of nitrogens with zero attached hydrogens (tertiary/aromatic N) is 2. The molecule has 1 unspecified atom stereocenters. The Hall–Kier alpha value is -0.550. The fourth-order valence-corrected chi connectivity index (χ4v) is 2.62. The Morgan fingerprint density at radius 3 is 2.40 bits per heavy atom. The van der Waals surface area contributed by atoms with Gasteiger partial charge in [0.2, 0.25) is 0 Å². The second-order valence-corrected chi connectivity index (χ2v) is 5.05. The fraction of sp³-hybridized carbons (Fsp3) is 0.923. The van der Waals surface area contributed by atoms with Gasteiger partial charge in [0.05, 0.1) is 12.0 Å². The van der Waals surface area contributed by atoms with Crippen molar-refractivity contribution in [3.8, 4) is 6.07 Å². The van der Waals surface area contributed by atoms with E-state index >= 15 is 0 Å². The van der Waals surface area contributed by atoms with Gasteiger partial charge in [-0.3, -0.25) is 0 Å². The van der Waals surface area contributed by atoms with Gasteiger partial charge in [0.15, 0.2) is 0 Å². The van der Waals surface area contributed by atoms with Crippen LogP contribution in [0.25, 0.3) is 0 Å². The zero-order valence-corrected chi connectivity index (χ0v) is 10.4. The van der Waals surface area contributed by atoms with Crippen LogP contribution in [0.2, 0.25) is 0 Å².